The van der Waals surface area contributed by atoms with Crippen molar-refractivity contribution in [2.75, 3.05) is 13.2 Å². The molecule has 0 radical (unpaired) electrons. The van der Waals surface area contributed by atoms with Crippen molar-refractivity contribution in [1.29, 1.82) is 0 Å². The fraction of sp³-hybridized carbons (Fsp3) is 0.400. The lowest BCUT2D eigenvalue weighted by atomic mass is 9.88. The summed E-state index contributed by atoms with van der Waals surface area (Å²) in [5.41, 5.74) is 8.10. The van der Waals surface area contributed by atoms with Crippen LogP contribution in [0.25, 0.3) is 10.9 Å². The quantitative estimate of drug-likeness (QED) is 0.880. The lowest BCUT2D eigenvalue weighted by molar-refractivity contribution is -0.0243. The van der Waals surface area contributed by atoms with Gasteiger partial charge in [-0.1, -0.05) is 24.3 Å². The molecule has 3 rings (SSSR count). The molecule has 2 aromatic rings. The summed E-state index contributed by atoms with van der Waals surface area (Å²) in [4.78, 5) is 4.50. The number of rotatable bonds is 2. The Balaban J connectivity index is 2.07. The van der Waals surface area contributed by atoms with Crippen molar-refractivity contribution in [2.45, 2.75) is 18.9 Å². The molecule has 1 saturated heterocycles. The number of fused-ring (bicyclic) bond motifs is 1. The highest BCUT2D eigenvalue weighted by molar-refractivity contribution is 5.81. The second-order valence-corrected chi connectivity index (χ2v) is 4.85. The molecule has 2 N–H and O–H groups in total. The highest BCUT2D eigenvalue weighted by Gasteiger charge is 2.27. The summed E-state index contributed by atoms with van der Waals surface area (Å²) >= 11 is 0. The maximum Gasteiger partial charge on any atom is 0.0886 e. The summed E-state index contributed by atoms with van der Waals surface area (Å²) in [5.74, 6) is 0.409. The maximum absolute atomic E-state index is 5.96. The van der Waals surface area contributed by atoms with Gasteiger partial charge in [0.05, 0.1) is 11.6 Å². The monoisotopic (exact) mass is 242 g/mol. The van der Waals surface area contributed by atoms with Crippen LogP contribution in [-0.2, 0) is 4.74 Å². The molecule has 1 aromatic heterocycles. The highest BCUT2D eigenvalue weighted by atomic mass is 16.5. The molecule has 1 aromatic carbocycles. The number of aromatic nitrogens is 1. The summed E-state index contributed by atoms with van der Waals surface area (Å²) in [7, 11) is 0. The fourth-order valence-corrected chi connectivity index (χ4v) is 2.79. The first kappa shape index (κ1) is 11.6. The van der Waals surface area contributed by atoms with Gasteiger partial charge in [0.1, 0.15) is 0 Å². The van der Waals surface area contributed by atoms with E-state index in [0.717, 1.165) is 25.0 Å². The molecule has 2 unspecified atom stereocenters. The molecule has 0 saturated carbocycles. The summed E-state index contributed by atoms with van der Waals surface area (Å²) in [6.07, 6.45) is 4.19. The van der Waals surface area contributed by atoms with E-state index in [-0.39, 0.29) is 6.10 Å². The Kier molecular flexibility index (Phi) is 3.26. The third kappa shape index (κ3) is 2.00. The topological polar surface area (TPSA) is 48.1 Å². The van der Waals surface area contributed by atoms with E-state index in [1.807, 2.05) is 12.3 Å². The molecule has 18 heavy (non-hydrogen) atoms. The molecule has 1 aliphatic rings. The molecule has 2 heterocycles. The minimum atomic E-state index is 0.0994. The molecule has 2 atom stereocenters. The summed E-state index contributed by atoms with van der Waals surface area (Å²) in [5, 5.41) is 1.17. The Morgan fingerprint density at radius 3 is 3.06 bits per heavy atom. The third-order valence-corrected chi connectivity index (χ3v) is 3.72. The number of para-hydroxylation sites is 1. The van der Waals surface area contributed by atoms with Crippen LogP contribution >= 0.6 is 0 Å². The normalized spacial score (nSPS) is 24.3. The molecular formula is C15H18N2O. The van der Waals surface area contributed by atoms with Crippen LogP contribution in [0, 0.1) is 5.92 Å². The number of nitrogens with two attached hydrogens (primary N) is 1. The zero-order valence-electron chi connectivity index (χ0n) is 10.4. The lowest BCUT2D eigenvalue weighted by Crippen LogP contribution is -2.28. The van der Waals surface area contributed by atoms with Gasteiger partial charge < -0.3 is 10.5 Å². The van der Waals surface area contributed by atoms with E-state index in [1.165, 1.54) is 10.9 Å². The first-order chi connectivity index (χ1) is 8.90. The third-order valence-electron chi connectivity index (χ3n) is 3.72. The molecule has 94 valence electrons. The minimum absolute atomic E-state index is 0.0994. The maximum atomic E-state index is 5.96. The second-order valence-electron chi connectivity index (χ2n) is 4.85. The first-order valence-corrected chi connectivity index (χ1v) is 6.55. The Morgan fingerprint density at radius 1 is 1.28 bits per heavy atom. The van der Waals surface area contributed by atoms with Crippen LogP contribution in [0.15, 0.2) is 36.5 Å². The zero-order chi connectivity index (χ0) is 12.4. The van der Waals surface area contributed by atoms with E-state index in [0.29, 0.717) is 12.5 Å². The van der Waals surface area contributed by atoms with Gasteiger partial charge in [-0.3, -0.25) is 4.98 Å². The van der Waals surface area contributed by atoms with Gasteiger partial charge in [-0.05, 0) is 25.5 Å². The van der Waals surface area contributed by atoms with Crippen molar-refractivity contribution in [3.8, 4) is 0 Å². The van der Waals surface area contributed by atoms with Crippen LogP contribution in [0.1, 0.15) is 24.5 Å². The smallest absolute Gasteiger partial charge is 0.0886 e. The van der Waals surface area contributed by atoms with Gasteiger partial charge in [0, 0.05) is 29.7 Å². The molecule has 0 aliphatic carbocycles. The van der Waals surface area contributed by atoms with E-state index in [1.54, 1.807) is 0 Å². The molecule has 0 bridgehead atoms. The van der Waals surface area contributed by atoms with E-state index in [9.17, 15) is 0 Å². The molecule has 0 spiro atoms. The summed E-state index contributed by atoms with van der Waals surface area (Å²) in [6, 6.07) is 10.3. The number of nitrogens with zero attached hydrogens (tertiary/aromatic N) is 1. The van der Waals surface area contributed by atoms with E-state index in [4.69, 9.17) is 10.5 Å². The van der Waals surface area contributed by atoms with Gasteiger partial charge >= 0.3 is 0 Å². The predicted molar refractivity (Wildman–Crippen MR) is 72.2 cm³/mol. The molecule has 1 fully saturated rings. The number of benzene rings is 1. The SMILES string of the molecule is NCC1CCCOC1c1cccc2cccnc12. The number of pyridine rings is 1. The minimum Gasteiger partial charge on any atom is -0.373 e. The Hall–Kier alpha value is -1.45. The van der Waals surface area contributed by atoms with Gasteiger partial charge in [-0.25, -0.2) is 0 Å². The average molecular weight is 242 g/mol. The van der Waals surface area contributed by atoms with Crippen molar-refractivity contribution < 1.29 is 4.74 Å². The van der Waals surface area contributed by atoms with Gasteiger partial charge in [0.2, 0.25) is 0 Å². The Labute approximate surface area is 107 Å². The van der Waals surface area contributed by atoms with Crippen LogP contribution in [0.3, 0.4) is 0 Å². The van der Waals surface area contributed by atoms with Crippen LogP contribution in [-0.4, -0.2) is 18.1 Å². The average Bonchev–Trinajstić information content (AvgIpc) is 2.46. The van der Waals surface area contributed by atoms with Crippen LogP contribution < -0.4 is 5.73 Å². The van der Waals surface area contributed by atoms with Crippen LogP contribution in [0.2, 0.25) is 0 Å². The van der Waals surface area contributed by atoms with Crippen LogP contribution in [0.4, 0.5) is 0 Å². The number of hydrogen-bond donors (Lipinski definition) is 1. The van der Waals surface area contributed by atoms with Gasteiger partial charge in [-0.15, -0.1) is 0 Å². The van der Waals surface area contributed by atoms with Crippen molar-refractivity contribution in [1.82, 2.24) is 4.98 Å². The van der Waals surface area contributed by atoms with Crippen molar-refractivity contribution in [3.05, 3.63) is 42.1 Å². The summed E-state index contributed by atoms with van der Waals surface area (Å²) < 4.78 is 5.96. The van der Waals surface area contributed by atoms with E-state index in [2.05, 4.69) is 29.2 Å². The van der Waals surface area contributed by atoms with Crippen molar-refractivity contribution in [2.24, 2.45) is 11.7 Å². The second kappa shape index (κ2) is 5.04. The molecule has 3 heteroatoms. The molecular weight excluding hydrogens is 224 g/mol. The van der Waals surface area contributed by atoms with E-state index < -0.39 is 0 Å². The Bertz CT molecular complexity index is 536. The Morgan fingerprint density at radius 2 is 2.17 bits per heavy atom. The van der Waals surface area contributed by atoms with E-state index >= 15 is 0 Å². The highest BCUT2D eigenvalue weighted by Crippen LogP contribution is 2.35. The molecule has 1 aliphatic heterocycles. The van der Waals surface area contributed by atoms with Crippen molar-refractivity contribution >= 4 is 10.9 Å². The standard InChI is InChI=1S/C15H18N2O/c16-10-12-6-3-9-18-15(12)13-7-1-4-11-5-2-8-17-14(11)13/h1-2,4-5,7-8,12,15H,3,6,9-10,16H2. The number of hydrogen-bond acceptors (Lipinski definition) is 3. The zero-order valence-corrected chi connectivity index (χ0v) is 10.4. The van der Waals surface area contributed by atoms with Gasteiger partial charge in [0.15, 0.2) is 0 Å². The molecule has 0 amide bonds. The number of ether oxygens (including phenoxy) is 1. The van der Waals surface area contributed by atoms with Gasteiger partial charge in [-0.2, -0.15) is 0 Å². The first-order valence-electron chi connectivity index (χ1n) is 6.55. The summed E-state index contributed by atoms with van der Waals surface area (Å²) in [6.45, 7) is 1.50. The fourth-order valence-electron chi connectivity index (χ4n) is 2.79. The van der Waals surface area contributed by atoms with Crippen molar-refractivity contribution in [3.63, 3.8) is 0 Å². The van der Waals surface area contributed by atoms with Crippen LogP contribution in [0.5, 0.6) is 0 Å². The predicted octanol–water partition coefficient (Wildman–Crippen LogP) is 2.66. The largest absolute Gasteiger partial charge is 0.373 e. The van der Waals surface area contributed by atoms with Gasteiger partial charge in [0.25, 0.3) is 0 Å². The molecule has 3 nitrogen and oxygen atoms in total. The lowest BCUT2D eigenvalue weighted by Gasteiger charge is -2.31.